The number of hydrogen-bond acceptors (Lipinski definition) is 2. The molecule has 1 aliphatic rings. The van der Waals surface area contributed by atoms with Gasteiger partial charge < -0.3 is 9.31 Å². The van der Waals surface area contributed by atoms with Crippen LogP contribution < -0.4 is 5.46 Å². The third kappa shape index (κ3) is 4.09. The quantitative estimate of drug-likeness (QED) is 0.441. The van der Waals surface area contributed by atoms with E-state index in [2.05, 4.69) is 96.4 Å². The highest BCUT2D eigenvalue weighted by Crippen LogP contribution is 2.37. The minimum atomic E-state index is -0.403. The number of benzene rings is 2. The van der Waals surface area contributed by atoms with E-state index >= 15 is 0 Å². The van der Waals surface area contributed by atoms with E-state index < -0.39 is 7.12 Å². The molecule has 3 rings (SSSR count). The first-order chi connectivity index (χ1) is 13.1. The standard InChI is InChI=1S/C25H29BO2/c1-8-9-22-21(15-14-20-12-10-18(2)11-13-20)16-19(3)17-23(22)26-27-24(4,5)25(6,7)28-26/h8,10-13,16-17H,1,9H2,2-7H3. The third-order valence-electron chi connectivity index (χ3n) is 5.68. The van der Waals surface area contributed by atoms with Crippen LogP contribution >= 0.6 is 0 Å². The van der Waals surface area contributed by atoms with Gasteiger partial charge in [-0.25, -0.2) is 0 Å². The average Bonchev–Trinajstić information content (AvgIpc) is 2.83. The van der Waals surface area contributed by atoms with Gasteiger partial charge in [0.2, 0.25) is 0 Å². The molecular weight excluding hydrogens is 343 g/mol. The lowest BCUT2D eigenvalue weighted by molar-refractivity contribution is 0.00578. The van der Waals surface area contributed by atoms with Gasteiger partial charge in [-0.1, -0.05) is 47.2 Å². The first-order valence-corrected chi connectivity index (χ1v) is 9.81. The number of allylic oxidation sites excluding steroid dienone is 1. The number of rotatable bonds is 3. The Balaban J connectivity index is 2.05. The monoisotopic (exact) mass is 372 g/mol. The summed E-state index contributed by atoms with van der Waals surface area (Å²) in [6, 6.07) is 12.6. The van der Waals surface area contributed by atoms with E-state index in [-0.39, 0.29) is 11.2 Å². The summed E-state index contributed by atoms with van der Waals surface area (Å²) in [7, 11) is -0.403. The zero-order valence-electron chi connectivity index (χ0n) is 17.8. The molecule has 1 fully saturated rings. The van der Waals surface area contributed by atoms with E-state index in [0.29, 0.717) is 0 Å². The van der Waals surface area contributed by atoms with E-state index in [1.165, 1.54) is 5.56 Å². The maximum Gasteiger partial charge on any atom is 0.495 e. The molecule has 2 aromatic carbocycles. The molecule has 0 N–H and O–H groups in total. The fourth-order valence-electron chi connectivity index (χ4n) is 3.28. The molecule has 0 atom stereocenters. The molecule has 2 aromatic rings. The Labute approximate surface area is 170 Å². The van der Waals surface area contributed by atoms with Crippen LogP contribution in [0, 0.1) is 25.7 Å². The largest absolute Gasteiger partial charge is 0.495 e. The highest BCUT2D eigenvalue weighted by atomic mass is 16.7. The van der Waals surface area contributed by atoms with Gasteiger partial charge in [-0.05, 0) is 77.2 Å². The van der Waals surface area contributed by atoms with Crippen molar-refractivity contribution in [1.29, 1.82) is 0 Å². The van der Waals surface area contributed by atoms with Gasteiger partial charge in [0.1, 0.15) is 0 Å². The van der Waals surface area contributed by atoms with Gasteiger partial charge in [0.05, 0.1) is 11.2 Å². The first-order valence-electron chi connectivity index (χ1n) is 9.81. The van der Waals surface area contributed by atoms with Gasteiger partial charge in [-0.3, -0.25) is 0 Å². The van der Waals surface area contributed by atoms with Crippen LogP contribution in [0.4, 0.5) is 0 Å². The van der Waals surface area contributed by atoms with Crippen molar-refractivity contribution in [3.63, 3.8) is 0 Å². The number of hydrogen-bond donors (Lipinski definition) is 0. The molecule has 0 saturated carbocycles. The Morgan fingerprint density at radius 1 is 0.929 bits per heavy atom. The van der Waals surface area contributed by atoms with Crippen molar-refractivity contribution >= 4 is 12.6 Å². The van der Waals surface area contributed by atoms with Crippen LogP contribution in [0.25, 0.3) is 0 Å². The molecule has 0 spiro atoms. The van der Waals surface area contributed by atoms with Crippen molar-refractivity contribution in [2.45, 2.75) is 59.2 Å². The number of aryl methyl sites for hydroxylation is 2. The van der Waals surface area contributed by atoms with Gasteiger partial charge in [-0.2, -0.15) is 0 Å². The van der Waals surface area contributed by atoms with Gasteiger partial charge in [0.15, 0.2) is 0 Å². The van der Waals surface area contributed by atoms with Gasteiger partial charge in [0, 0.05) is 11.1 Å². The summed E-state index contributed by atoms with van der Waals surface area (Å²) in [5.41, 5.74) is 5.81. The molecule has 0 unspecified atom stereocenters. The minimum Gasteiger partial charge on any atom is -0.399 e. The highest BCUT2D eigenvalue weighted by Gasteiger charge is 2.52. The van der Waals surface area contributed by atoms with E-state index in [4.69, 9.17) is 9.31 Å². The second-order valence-corrected chi connectivity index (χ2v) is 8.58. The molecule has 0 aliphatic carbocycles. The van der Waals surface area contributed by atoms with Crippen molar-refractivity contribution in [2.24, 2.45) is 0 Å². The third-order valence-corrected chi connectivity index (χ3v) is 5.68. The maximum absolute atomic E-state index is 6.32. The molecule has 2 nitrogen and oxygen atoms in total. The van der Waals surface area contributed by atoms with E-state index in [9.17, 15) is 0 Å². The zero-order valence-corrected chi connectivity index (χ0v) is 17.8. The lowest BCUT2D eigenvalue weighted by atomic mass is 9.73. The minimum absolute atomic E-state index is 0.374. The summed E-state index contributed by atoms with van der Waals surface area (Å²) >= 11 is 0. The van der Waals surface area contributed by atoms with Crippen LogP contribution in [0.5, 0.6) is 0 Å². The molecule has 0 radical (unpaired) electrons. The Morgan fingerprint density at radius 2 is 1.54 bits per heavy atom. The molecule has 1 aliphatic heterocycles. The fraction of sp³-hybridized carbons (Fsp3) is 0.360. The fourth-order valence-corrected chi connectivity index (χ4v) is 3.28. The van der Waals surface area contributed by atoms with Crippen molar-refractivity contribution in [1.82, 2.24) is 0 Å². The first kappa shape index (κ1) is 20.5. The van der Waals surface area contributed by atoms with Crippen LogP contribution in [0.3, 0.4) is 0 Å². The molecule has 0 aromatic heterocycles. The Morgan fingerprint density at radius 3 is 2.11 bits per heavy atom. The average molecular weight is 372 g/mol. The molecule has 0 bridgehead atoms. The smallest absolute Gasteiger partial charge is 0.399 e. The molecule has 28 heavy (non-hydrogen) atoms. The van der Waals surface area contributed by atoms with Crippen molar-refractivity contribution < 1.29 is 9.31 Å². The maximum atomic E-state index is 6.32. The summed E-state index contributed by atoms with van der Waals surface area (Å²) < 4.78 is 12.6. The van der Waals surface area contributed by atoms with Crippen molar-refractivity contribution in [2.75, 3.05) is 0 Å². The summed E-state index contributed by atoms with van der Waals surface area (Å²) in [4.78, 5) is 0. The lowest BCUT2D eigenvalue weighted by Crippen LogP contribution is -2.41. The summed E-state index contributed by atoms with van der Waals surface area (Å²) in [6.07, 6.45) is 2.63. The molecule has 144 valence electrons. The van der Waals surface area contributed by atoms with Gasteiger partial charge in [-0.15, -0.1) is 6.58 Å². The second-order valence-electron chi connectivity index (χ2n) is 8.58. The molecule has 3 heteroatoms. The molecular formula is C25H29BO2. The van der Waals surface area contributed by atoms with Crippen molar-refractivity contribution in [3.05, 3.63) is 76.9 Å². The van der Waals surface area contributed by atoms with Gasteiger partial charge >= 0.3 is 7.12 Å². The Bertz CT molecular complexity index is 927. The molecule has 1 heterocycles. The van der Waals surface area contributed by atoms with Gasteiger partial charge in [0.25, 0.3) is 0 Å². The van der Waals surface area contributed by atoms with E-state index in [1.807, 2.05) is 6.08 Å². The normalized spacial score (nSPS) is 17.1. The molecule has 1 saturated heterocycles. The van der Waals surface area contributed by atoms with Crippen molar-refractivity contribution in [3.8, 4) is 11.8 Å². The van der Waals surface area contributed by atoms with E-state index in [1.54, 1.807) is 0 Å². The summed E-state index contributed by atoms with van der Waals surface area (Å²) in [5, 5.41) is 0. The second kappa shape index (κ2) is 7.62. The van der Waals surface area contributed by atoms with Crippen LogP contribution in [0.15, 0.2) is 49.1 Å². The lowest BCUT2D eigenvalue weighted by Gasteiger charge is -2.32. The zero-order chi connectivity index (χ0) is 20.5. The summed E-state index contributed by atoms with van der Waals surface area (Å²) in [5.74, 6) is 6.67. The van der Waals surface area contributed by atoms with Crippen LogP contribution in [-0.4, -0.2) is 18.3 Å². The topological polar surface area (TPSA) is 18.5 Å². The Kier molecular flexibility index (Phi) is 5.57. The predicted molar refractivity (Wildman–Crippen MR) is 118 cm³/mol. The SMILES string of the molecule is C=CCc1c(C#Cc2ccc(C)cc2)cc(C)cc1B1OC(C)(C)C(C)(C)O1. The van der Waals surface area contributed by atoms with Crippen LogP contribution in [0.1, 0.15) is 55.5 Å². The van der Waals surface area contributed by atoms with Crippen LogP contribution in [-0.2, 0) is 15.7 Å². The predicted octanol–water partition coefficient (Wildman–Crippen LogP) is 4.73. The Hall–Kier alpha value is -2.28. The summed E-state index contributed by atoms with van der Waals surface area (Å²) in [6.45, 7) is 16.4. The van der Waals surface area contributed by atoms with Crippen LogP contribution in [0.2, 0.25) is 0 Å². The highest BCUT2D eigenvalue weighted by molar-refractivity contribution is 6.62. The van der Waals surface area contributed by atoms with E-state index in [0.717, 1.165) is 34.1 Å². The molecule has 0 amide bonds.